The van der Waals surface area contributed by atoms with Gasteiger partial charge in [-0.3, -0.25) is 4.79 Å². The minimum atomic E-state index is -4.67. The molecule has 0 aliphatic rings. The molecule has 9 heteroatoms. The number of aryl methyl sites for hydroxylation is 1. The molecule has 31 heavy (non-hydrogen) atoms. The van der Waals surface area contributed by atoms with Crippen molar-refractivity contribution < 1.29 is 23.1 Å². The van der Waals surface area contributed by atoms with Crippen LogP contribution in [0.3, 0.4) is 0 Å². The fourth-order valence-corrected chi connectivity index (χ4v) is 3.16. The summed E-state index contributed by atoms with van der Waals surface area (Å²) in [7, 11) is 0. The third-order valence-electron chi connectivity index (χ3n) is 4.96. The number of halogens is 3. The number of alkyl halides is 3. The molecule has 0 saturated heterocycles. The Kier molecular flexibility index (Phi) is 5.50. The molecule has 2 heterocycles. The molecule has 0 saturated carbocycles. The lowest BCUT2D eigenvalue weighted by Gasteiger charge is -2.19. The maximum Gasteiger partial charge on any atom is 0.433 e. The first kappa shape index (κ1) is 22.6. The molecule has 0 bridgehead atoms. The average molecular weight is 434 g/mol. The number of carbonyl (C=O) groups excluding carboxylic acids is 1. The van der Waals surface area contributed by atoms with Gasteiger partial charge in [-0.1, -0.05) is 34.6 Å². The summed E-state index contributed by atoms with van der Waals surface area (Å²) >= 11 is 0. The number of nitrogens with one attached hydrogen (secondary N) is 1. The second-order valence-electron chi connectivity index (χ2n) is 8.91. The number of rotatable bonds is 3. The highest BCUT2D eigenvalue weighted by molar-refractivity contribution is 6.04. The Bertz CT molecular complexity index is 1160. The van der Waals surface area contributed by atoms with Crippen molar-refractivity contribution in [1.29, 1.82) is 0 Å². The molecule has 0 fully saturated rings. The van der Waals surface area contributed by atoms with Crippen LogP contribution in [0.5, 0.6) is 5.75 Å². The number of phenolic OH excluding ortho intramolecular Hbond substituents is 1. The summed E-state index contributed by atoms with van der Waals surface area (Å²) in [6, 6.07) is 5.38. The summed E-state index contributed by atoms with van der Waals surface area (Å²) in [5, 5.41) is 16.6. The van der Waals surface area contributed by atoms with Crippen molar-refractivity contribution in [2.45, 2.75) is 59.1 Å². The van der Waals surface area contributed by atoms with Gasteiger partial charge in [0.1, 0.15) is 11.4 Å². The molecule has 2 N–H and O–H groups in total. The maximum absolute atomic E-state index is 13.6. The Morgan fingerprint density at radius 3 is 2.32 bits per heavy atom. The zero-order valence-electron chi connectivity index (χ0n) is 18.2. The van der Waals surface area contributed by atoms with Crippen molar-refractivity contribution in [2.75, 3.05) is 5.32 Å². The number of anilines is 1. The predicted molar refractivity (Wildman–Crippen MR) is 112 cm³/mol. The standard InChI is InChI=1S/C22H25F3N4O2/c1-11(2)13-8-14(12(3)7-16(13)30)26-20(31)15-9-19-27-17(21(4,5)6)10-18(22(23,24)25)29(19)28-15/h7-11,30H,1-6H3,(H,26,31). The first-order chi connectivity index (χ1) is 14.2. The molecule has 1 aromatic carbocycles. The summed E-state index contributed by atoms with van der Waals surface area (Å²) in [6.07, 6.45) is -4.67. The van der Waals surface area contributed by atoms with Gasteiger partial charge in [-0.15, -0.1) is 0 Å². The Hall–Kier alpha value is -3.10. The van der Waals surface area contributed by atoms with E-state index in [1.54, 1.807) is 33.8 Å². The van der Waals surface area contributed by atoms with Gasteiger partial charge in [0.25, 0.3) is 5.91 Å². The van der Waals surface area contributed by atoms with E-state index in [0.717, 1.165) is 6.07 Å². The van der Waals surface area contributed by atoms with Crippen molar-refractivity contribution in [3.05, 3.63) is 52.5 Å². The van der Waals surface area contributed by atoms with Gasteiger partial charge < -0.3 is 10.4 Å². The lowest BCUT2D eigenvalue weighted by Crippen LogP contribution is -2.20. The van der Waals surface area contributed by atoms with Crippen LogP contribution < -0.4 is 5.32 Å². The molecule has 0 spiro atoms. The molecule has 0 aliphatic heterocycles. The number of phenols is 1. The Labute approximate surface area is 178 Å². The summed E-state index contributed by atoms with van der Waals surface area (Å²) in [6.45, 7) is 10.8. The zero-order valence-corrected chi connectivity index (χ0v) is 18.2. The van der Waals surface area contributed by atoms with Gasteiger partial charge in [-0.2, -0.15) is 18.3 Å². The van der Waals surface area contributed by atoms with Crippen molar-refractivity contribution in [2.24, 2.45) is 0 Å². The van der Waals surface area contributed by atoms with E-state index in [-0.39, 0.29) is 28.7 Å². The van der Waals surface area contributed by atoms with Gasteiger partial charge >= 0.3 is 6.18 Å². The van der Waals surface area contributed by atoms with Gasteiger partial charge in [0.2, 0.25) is 0 Å². The predicted octanol–water partition coefficient (Wildman–Crippen LogP) is 5.44. The average Bonchev–Trinajstić information content (AvgIpc) is 3.05. The van der Waals surface area contributed by atoms with Gasteiger partial charge in [0, 0.05) is 17.2 Å². The van der Waals surface area contributed by atoms with E-state index >= 15 is 0 Å². The van der Waals surface area contributed by atoms with Gasteiger partial charge in [0.15, 0.2) is 11.3 Å². The van der Waals surface area contributed by atoms with Crippen LogP contribution >= 0.6 is 0 Å². The topological polar surface area (TPSA) is 79.5 Å². The van der Waals surface area contributed by atoms with E-state index in [1.807, 2.05) is 13.8 Å². The molecule has 6 nitrogen and oxygen atoms in total. The molecule has 3 rings (SSSR count). The van der Waals surface area contributed by atoms with Crippen LogP contribution in [-0.4, -0.2) is 25.6 Å². The number of aromatic nitrogens is 3. The highest BCUT2D eigenvalue weighted by Gasteiger charge is 2.36. The van der Waals surface area contributed by atoms with Crippen molar-refractivity contribution in [3.8, 4) is 5.75 Å². The van der Waals surface area contributed by atoms with Crippen LogP contribution in [0.25, 0.3) is 5.65 Å². The third kappa shape index (κ3) is 4.50. The maximum atomic E-state index is 13.6. The van der Waals surface area contributed by atoms with Gasteiger partial charge in [-0.05, 0) is 42.2 Å². The van der Waals surface area contributed by atoms with Gasteiger partial charge in [-0.25, -0.2) is 9.50 Å². The molecule has 0 atom stereocenters. The van der Waals surface area contributed by atoms with E-state index in [4.69, 9.17) is 0 Å². The first-order valence-electron chi connectivity index (χ1n) is 9.82. The summed E-state index contributed by atoms with van der Waals surface area (Å²) in [5.74, 6) is -0.535. The van der Waals surface area contributed by atoms with Crippen molar-refractivity contribution in [3.63, 3.8) is 0 Å². The van der Waals surface area contributed by atoms with Gasteiger partial charge in [0.05, 0.1) is 5.69 Å². The number of aromatic hydroxyl groups is 1. The molecule has 166 valence electrons. The summed E-state index contributed by atoms with van der Waals surface area (Å²) < 4.78 is 41.6. The number of hydrogen-bond acceptors (Lipinski definition) is 4. The molecule has 0 radical (unpaired) electrons. The largest absolute Gasteiger partial charge is 0.508 e. The number of nitrogens with zero attached hydrogens (tertiary/aromatic N) is 3. The fourth-order valence-electron chi connectivity index (χ4n) is 3.16. The minimum absolute atomic E-state index is 0.0146. The lowest BCUT2D eigenvalue weighted by molar-refractivity contribution is -0.142. The van der Waals surface area contributed by atoms with Crippen molar-refractivity contribution >= 4 is 17.2 Å². The Morgan fingerprint density at radius 1 is 1.13 bits per heavy atom. The number of amides is 1. The fraction of sp³-hybridized carbons (Fsp3) is 0.409. The number of fused-ring (bicyclic) bond motifs is 1. The minimum Gasteiger partial charge on any atom is -0.508 e. The molecule has 0 unspecified atom stereocenters. The number of carbonyl (C=O) groups is 1. The van der Waals surface area contributed by atoms with E-state index in [9.17, 15) is 23.1 Å². The SMILES string of the molecule is Cc1cc(O)c(C(C)C)cc1NC(=O)c1cc2nc(C(C)(C)C)cc(C(F)(F)F)n2n1. The molecule has 0 aliphatic carbocycles. The third-order valence-corrected chi connectivity index (χ3v) is 4.96. The quantitative estimate of drug-likeness (QED) is 0.539. The lowest BCUT2D eigenvalue weighted by atomic mass is 9.91. The van der Waals surface area contributed by atoms with Crippen LogP contribution in [0.15, 0.2) is 24.3 Å². The molecule has 2 aromatic heterocycles. The summed E-state index contributed by atoms with van der Waals surface area (Å²) in [5.41, 5.74) is 0.0837. The second-order valence-corrected chi connectivity index (χ2v) is 8.91. The number of benzene rings is 1. The molecular formula is C22H25F3N4O2. The summed E-state index contributed by atoms with van der Waals surface area (Å²) in [4.78, 5) is 17.1. The first-order valence-corrected chi connectivity index (χ1v) is 9.82. The van der Waals surface area contributed by atoms with Crippen LogP contribution in [0.1, 0.15) is 73.5 Å². The smallest absolute Gasteiger partial charge is 0.433 e. The monoisotopic (exact) mass is 434 g/mol. The van der Waals surface area contributed by atoms with Crippen LogP contribution in [-0.2, 0) is 11.6 Å². The highest BCUT2D eigenvalue weighted by atomic mass is 19.4. The Morgan fingerprint density at radius 2 is 1.77 bits per heavy atom. The van der Waals surface area contributed by atoms with Crippen LogP contribution in [0.4, 0.5) is 18.9 Å². The second kappa shape index (κ2) is 7.55. The highest BCUT2D eigenvalue weighted by Crippen LogP contribution is 2.33. The molecule has 1 amide bonds. The van der Waals surface area contributed by atoms with Crippen LogP contribution in [0, 0.1) is 6.92 Å². The molecular weight excluding hydrogens is 409 g/mol. The molecule has 3 aromatic rings. The van der Waals surface area contributed by atoms with E-state index in [1.165, 1.54) is 12.1 Å². The van der Waals surface area contributed by atoms with Crippen molar-refractivity contribution in [1.82, 2.24) is 14.6 Å². The normalized spacial score (nSPS) is 12.6. The van der Waals surface area contributed by atoms with E-state index in [0.29, 0.717) is 21.3 Å². The van der Waals surface area contributed by atoms with E-state index < -0.39 is 23.2 Å². The Balaban J connectivity index is 2.06. The van der Waals surface area contributed by atoms with Crippen LogP contribution in [0.2, 0.25) is 0 Å². The zero-order chi connectivity index (χ0) is 23.3. The van der Waals surface area contributed by atoms with E-state index in [2.05, 4.69) is 15.4 Å². The number of hydrogen-bond donors (Lipinski definition) is 2.